The Bertz CT molecular complexity index is 1600. The maximum absolute atomic E-state index is 14.4. The molecule has 1 amide bonds. The predicted molar refractivity (Wildman–Crippen MR) is 161 cm³/mol. The number of fused-ring (bicyclic) bond motifs is 5. The summed E-state index contributed by atoms with van der Waals surface area (Å²) in [6.45, 7) is 5.02. The van der Waals surface area contributed by atoms with Crippen molar-refractivity contribution in [2.24, 2.45) is 13.0 Å². The second kappa shape index (κ2) is 12.5. The van der Waals surface area contributed by atoms with E-state index >= 15 is 0 Å². The quantitative estimate of drug-likeness (QED) is 0.283. The Balaban J connectivity index is 1.53. The number of halogens is 3. The van der Waals surface area contributed by atoms with Gasteiger partial charge >= 0.3 is 6.18 Å². The predicted octanol–water partition coefficient (Wildman–Crippen LogP) is 6.35. The van der Waals surface area contributed by atoms with Crippen molar-refractivity contribution in [3.63, 3.8) is 0 Å². The third-order valence-corrected chi connectivity index (χ3v) is 8.42. The first kappa shape index (κ1) is 30.8. The van der Waals surface area contributed by atoms with E-state index in [1.807, 2.05) is 85.9 Å². The van der Waals surface area contributed by atoms with Crippen LogP contribution in [0.5, 0.6) is 0 Å². The largest absolute Gasteiger partial charge is 0.416 e. The molecule has 2 heterocycles. The number of para-hydroxylation sites is 1. The van der Waals surface area contributed by atoms with E-state index < -0.39 is 17.8 Å². The molecule has 3 atom stereocenters. The van der Waals surface area contributed by atoms with Crippen LogP contribution < -0.4 is 0 Å². The van der Waals surface area contributed by atoms with E-state index in [1.54, 1.807) is 11.0 Å². The van der Waals surface area contributed by atoms with Crippen LogP contribution in [0, 0.1) is 5.92 Å². The molecule has 43 heavy (non-hydrogen) atoms. The van der Waals surface area contributed by atoms with Crippen molar-refractivity contribution in [1.82, 2.24) is 14.4 Å². The molecule has 3 aromatic carbocycles. The molecule has 0 aliphatic carbocycles. The van der Waals surface area contributed by atoms with Crippen LogP contribution >= 0.6 is 0 Å². The normalized spacial score (nSPS) is 18.8. The van der Waals surface area contributed by atoms with Gasteiger partial charge in [-0.15, -0.1) is 0 Å². The summed E-state index contributed by atoms with van der Waals surface area (Å²) in [5, 5.41) is 11.1. The fourth-order valence-corrected chi connectivity index (χ4v) is 6.05. The number of hydrogen-bond acceptors (Lipinski definition) is 4. The highest BCUT2D eigenvalue weighted by Gasteiger charge is 2.34. The van der Waals surface area contributed by atoms with Crippen molar-refractivity contribution >= 4 is 16.8 Å². The van der Waals surface area contributed by atoms with Gasteiger partial charge in [-0.1, -0.05) is 67.6 Å². The standard InChI is InChI=1S/C34H38F3N3O3/c1-22-17-40(23(2)20-41)33(42)32-31(28-14-7-8-15-29(28)39(32)4)27-13-6-5-11-25(27)21-43-30(22)19-38(3)18-24-10-9-12-26(16-24)34(35,36)37/h5-16,22-23,30,41H,17-21H2,1-4H3/t22-,23-,30+/m1/s1. The fourth-order valence-electron chi connectivity index (χ4n) is 6.05. The average molecular weight is 594 g/mol. The summed E-state index contributed by atoms with van der Waals surface area (Å²) in [7, 11) is 3.76. The smallest absolute Gasteiger partial charge is 0.394 e. The molecule has 0 radical (unpaired) electrons. The van der Waals surface area contributed by atoms with Crippen molar-refractivity contribution in [2.45, 2.75) is 45.3 Å². The second-order valence-corrected chi connectivity index (χ2v) is 11.7. The lowest BCUT2D eigenvalue weighted by Gasteiger charge is -2.35. The minimum atomic E-state index is -4.41. The molecular formula is C34H38F3N3O3. The van der Waals surface area contributed by atoms with Crippen LogP contribution in [0.3, 0.4) is 0 Å². The first-order valence-corrected chi connectivity index (χ1v) is 14.5. The van der Waals surface area contributed by atoms with Gasteiger partial charge in [0.05, 0.1) is 30.9 Å². The number of nitrogens with zero attached hydrogens (tertiary/aromatic N) is 3. The number of ether oxygens (including phenoxy) is 1. The zero-order chi connectivity index (χ0) is 30.9. The number of likely N-dealkylation sites (N-methyl/N-ethyl adjacent to an activating group) is 1. The number of carbonyl (C=O) groups excluding carboxylic acids is 1. The number of aliphatic hydroxyl groups excluding tert-OH is 1. The molecule has 1 aromatic heterocycles. The summed E-state index contributed by atoms with van der Waals surface area (Å²) < 4.78 is 48.4. The Labute approximate surface area is 250 Å². The SMILES string of the molecule is C[C@@H]1CN([C@H](C)CO)C(=O)c2c(c3ccccc3n2C)-c2ccccc2CO[C@H]1CN(C)Cc1cccc(C(F)(F)F)c1. The minimum absolute atomic E-state index is 0.148. The van der Waals surface area contributed by atoms with Gasteiger partial charge < -0.3 is 19.3 Å². The average Bonchev–Trinajstić information content (AvgIpc) is 3.28. The van der Waals surface area contributed by atoms with E-state index in [-0.39, 0.29) is 24.5 Å². The van der Waals surface area contributed by atoms with Gasteiger partial charge in [0, 0.05) is 49.1 Å². The van der Waals surface area contributed by atoms with Crippen molar-refractivity contribution in [3.05, 3.63) is 95.2 Å². The van der Waals surface area contributed by atoms with Crippen LogP contribution in [0.15, 0.2) is 72.8 Å². The molecular weight excluding hydrogens is 555 g/mol. The summed E-state index contributed by atoms with van der Waals surface area (Å²) in [6.07, 6.45) is -4.75. The summed E-state index contributed by atoms with van der Waals surface area (Å²) in [5.41, 5.74) is 4.06. The Morgan fingerprint density at radius 1 is 1.07 bits per heavy atom. The van der Waals surface area contributed by atoms with E-state index in [1.165, 1.54) is 12.1 Å². The highest BCUT2D eigenvalue weighted by Crippen LogP contribution is 2.38. The Hall–Kier alpha value is -3.66. The Kier molecular flexibility index (Phi) is 8.96. The lowest BCUT2D eigenvalue weighted by Crippen LogP contribution is -2.47. The second-order valence-electron chi connectivity index (χ2n) is 11.7. The molecule has 0 fully saturated rings. The molecule has 0 spiro atoms. The van der Waals surface area contributed by atoms with Gasteiger partial charge in [-0.2, -0.15) is 13.2 Å². The first-order valence-electron chi connectivity index (χ1n) is 14.5. The topological polar surface area (TPSA) is 57.9 Å². The van der Waals surface area contributed by atoms with Gasteiger partial charge in [-0.3, -0.25) is 9.69 Å². The minimum Gasteiger partial charge on any atom is -0.394 e. The lowest BCUT2D eigenvalue weighted by molar-refractivity contribution is -0.137. The van der Waals surface area contributed by atoms with Gasteiger partial charge in [0.1, 0.15) is 5.69 Å². The Morgan fingerprint density at radius 2 is 1.79 bits per heavy atom. The van der Waals surface area contributed by atoms with Crippen LogP contribution in [-0.4, -0.2) is 64.3 Å². The van der Waals surface area contributed by atoms with Crippen molar-refractivity contribution in [2.75, 3.05) is 26.7 Å². The number of benzene rings is 3. The number of aliphatic hydroxyl groups is 1. The van der Waals surface area contributed by atoms with Crippen LogP contribution in [0.25, 0.3) is 22.0 Å². The number of aromatic nitrogens is 1. The molecule has 5 rings (SSSR count). The van der Waals surface area contributed by atoms with E-state index in [4.69, 9.17) is 4.74 Å². The highest BCUT2D eigenvalue weighted by molar-refractivity contribution is 6.10. The highest BCUT2D eigenvalue weighted by atomic mass is 19.4. The molecule has 0 bridgehead atoms. The molecule has 0 saturated carbocycles. The number of carbonyl (C=O) groups is 1. The molecule has 1 aliphatic rings. The third-order valence-electron chi connectivity index (χ3n) is 8.42. The maximum atomic E-state index is 14.4. The molecule has 1 aliphatic heterocycles. The summed E-state index contributed by atoms with van der Waals surface area (Å²) in [6, 6.07) is 20.8. The molecule has 228 valence electrons. The lowest BCUT2D eigenvalue weighted by atomic mass is 9.96. The van der Waals surface area contributed by atoms with Gasteiger partial charge in [0.15, 0.2) is 0 Å². The number of amides is 1. The molecule has 9 heteroatoms. The zero-order valence-electron chi connectivity index (χ0n) is 24.9. The van der Waals surface area contributed by atoms with Crippen molar-refractivity contribution in [3.8, 4) is 11.1 Å². The van der Waals surface area contributed by atoms with E-state index in [9.17, 15) is 23.1 Å². The number of alkyl halides is 3. The van der Waals surface area contributed by atoms with E-state index in [0.29, 0.717) is 37.5 Å². The van der Waals surface area contributed by atoms with Gasteiger partial charge in [-0.25, -0.2) is 0 Å². The van der Waals surface area contributed by atoms with E-state index in [2.05, 4.69) is 0 Å². The fraction of sp³-hybridized carbons (Fsp3) is 0.382. The Morgan fingerprint density at radius 3 is 2.53 bits per heavy atom. The summed E-state index contributed by atoms with van der Waals surface area (Å²) in [4.78, 5) is 18.1. The van der Waals surface area contributed by atoms with Gasteiger partial charge in [0.2, 0.25) is 0 Å². The van der Waals surface area contributed by atoms with Crippen molar-refractivity contribution < 1.29 is 27.8 Å². The van der Waals surface area contributed by atoms with Crippen molar-refractivity contribution in [1.29, 1.82) is 0 Å². The number of hydrogen-bond donors (Lipinski definition) is 1. The molecule has 1 N–H and O–H groups in total. The van der Waals surface area contributed by atoms with E-state index in [0.717, 1.165) is 33.7 Å². The zero-order valence-corrected chi connectivity index (χ0v) is 24.9. The maximum Gasteiger partial charge on any atom is 0.416 e. The molecule has 0 unspecified atom stereocenters. The summed E-state index contributed by atoms with van der Waals surface area (Å²) in [5.74, 6) is -0.319. The van der Waals surface area contributed by atoms with Crippen LogP contribution in [0.4, 0.5) is 13.2 Å². The summed E-state index contributed by atoms with van der Waals surface area (Å²) >= 11 is 0. The molecule has 6 nitrogen and oxygen atoms in total. The molecule has 4 aromatic rings. The number of rotatable bonds is 6. The van der Waals surface area contributed by atoms with Crippen LogP contribution in [0.1, 0.15) is 41.0 Å². The third kappa shape index (κ3) is 6.34. The van der Waals surface area contributed by atoms with Crippen LogP contribution in [-0.2, 0) is 31.1 Å². The monoisotopic (exact) mass is 593 g/mol. The van der Waals surface area contributed by atoms with Gasteiger partial charge in [0.25, 0.3) is 5.91 Å². The number of aryl methyl sites for hydroxylation is 1. The van der Waals surface area contributed by atoms with Crippen LogP contribution in [0.2, 0.25) is 0 Å². The molecule has 0 saturated heterocycles. The first-order chi connectivity index (χ1) is 20.5. The van der Waals surface area contributed by atoms with Gasteiger partial charge in [-0.05, 0) is 42.8 Å².